The second kappa shape index (κ2) is 7.04. The van der Waals surface area contributed by atoms with Gasteiger partial charge in [0.1, 0.15) is 18.8 Å². The number of imide groups is 1. The van der Waals surface area contributed by atoms with E-state index in [4.69, 9.17) is 9.47 Å². The molecule has 1 aromatic carbocycles. The quantitative estimate of drug-likeness (QED) is 0.715. The summed E-state index contributed by atoms with van der Waals surface area (Å²) in [7, 11) is 0. The summed E-state index contributed by atoms with van der Waals surface area (Å²) in [6, 6.07) is 7.19. The van der Waals surface area contributed by atoms with E-state index < -0.39 is 11.6 Å². The zero-order valence-electron chi connectivity index (χ0n) is 17.5. The molecular weight excluding hydrogens is 400 g/mol. The molecule has 3 aliphatic rings. The second-order valence-corrected chi connectivity index (χ2v) is 8.23. The Kier molecular flexibility index (Phi) is 4.42. The van der Waals surface area contributed by atoms with Crippen LogP contribution in [0, 0.1) is 13.8 Å². The normalized spacial score (nSPS) is 19.4. The smallest absolute Gasteiger partial charge is 0.322 e. The molecule has 2 saturated heterocycles. The van der Waals surface area contributed by atoms with Gasteiger partial charge in [0, 0.05) is 36.2 Å². The first-order valence-corrected chi connectivity index (χ1v) is 10.4. The van der Waals surface area contributed by atoms with Crippen LogP contribution in [0.15, 0.2) is 24.3 Å². The number of piperidine rings is 1. The summed E-state index contributed by atoms with van der Waals surface area (Å²) < 4.78 is 13.3. The van der Waals surface area contributed by atoms with Crippen LogP contribution in [0.1, 0.15) is 34.6 Å². The van der Waals surface area contributed by atoms with Crippen LogP contribution in [0.4, 0.5) is 4.79 Å². The van der Waals surface area contributed by atoms with Gasteiger partial charge in [0.15, 0.2) is 11.5 Å². The highest BCUT2D eigenvalue weighted by Crippen LogP contribution is 2.34. The summed E-state index contributed by atoms with van der Waals surface area (Å²) in [6.45, 7) is 5.74. The van der Waals surface area contributed by atoms with E-state index in [1.54, 1.807) is 4.90 Å². The van der Waals surface area contributed by atoms with Crippen molar-refractivity contribution < 1.29 is 23.9 Å². The van der Waals surface area contributed by atoms with Crippen LogP contribution in [0.3, 0.4) is 0 Å². The Hall–Kier alpha value is -3.49. The largest absolute Gasteiger partial charge is 0.486 e. The molecule has 2 N–H and O–H groups in total. The first kappa shape index (κ1) is 19.5. The molecule has 5 rings (SSSR count). The third-order valence-corrected chi connectivity index (χ3v) is 6.36. The standard InChI is InChI=1S/C22H24N4O5/c1-13-11-16(14(2)26(13)15-3-4-17-18(12-15)31-10-9-30-17)19(27)25-7-5-22(6-8-25)20(28)23-21(29)24-22/h3-4,11-12H,5-10H2,1-2H3,(H2,23,24,28,29). The van der Waals surface area contributed by atoms with Crippen molar-refractivity contribution in [1.82, 2.24) is 20.1 Å². The minimum atomic E-state index is -0.893. The third-order valence-electron chi connectivity index (χ3n) is 6.36. The van der Waals surface area contributed by atoms with Crippen molar-refractivity contribution in [3.63, 3.8) is 0 Å². The fourth-order valence-corrected chi connectivity index (χ4v) is 4.69. The van der Waals surface area contributed by atoms with Crippen molar-refractivity contribution in [2.24, 2.45) is 0 Å². The van der Waals surface area contributed by atoms with Gasteiger partial charge < -0.3 is 24.3 Å². The number of aromatic nitrogens is 1. The molecule has 4 heterocycles. The van der Waals surface area contributed by atoms with E-state index in [1.807, 2.05) is 42.7 Å². The lowest BCUT2D eigenvalue weighted by atomic mass is 9.87. The van der Waals surface area contributed by atoms with Gasteiger partial charge in [0.25, 0.3) is 11.8 Å². The maximum atomic E-state index is 13.3. The maximum Gasteiger partial charge on any atom is 0.322 e. The Bertz CT molecular complexity index is 1100. The van der Waals surface area contributed by atoms with Gasteiger partial charge in [0.05, 0.1) is 5.56 Å². The lowest BCUT2D eigenvalue weighted by molar-refractivity contribution is -0.125. The van der Waals surface area contributed by atoms with Gasteiger partial charge in [0.2, 0.25) is 0 Å². The molecule has 162 valence electrons. The number of urea groups is 1. The number of hydrogen-bond acceptors (Lipinski definition) is 5. The lowest BCUT2D eigenvalue weighted by Crippen LogP contribution is -2.55. The number of nitrogens with one attached hydrogen (secondary N) is 2. The molecule has 1 aromatic heterocycles. The van der Waals surface area contributed by atoms with E-state index in [0.717, 1.165) is 22.8 Å². The molecule has 0 radical (unpaired) electrons. The number of benzene rings is 1. The summed E-state index contributed by atoms with van der Waals surface area (Å²) in [5.74, 6) is 1.04. The molecule has 9 nitrogen and oxygen atoms in total. The van der Waals surface area contributed by atoms with Crippen LogP contribution >= 0.6 is 0 Å². The molecule has 2 fully saturated rings. The van der Waals surface area contributed by atoms with Crippen LogP contribution in [-0.4, -0.2) is 59.2 Å². The molecule has 0 bridgehead atoms. The molecule has 0 atom stereocenters. The zero-order chi connectivity index (χ0) is 21.8. The van der Waals surface area contributed by atoms with E-state index in [1.165, 1.54) is 0 Å². The number of carbonyl (C=O) groups is 3. The molecule has 0 aliphatic carbocycles. The first-order valence-electron chi connectivity index (χ1n) is 10.4. The Morgan fingerprint density at radius 2 is 1.74 bits per heavy atom. The van der Waals surface area contributed by atoms with Crippen LogP contribution in [0.25, 0.3) is 5.69 Å². The second-order valence-electron chi connectivity index (χ2n) is 8.23. The van der Waals surface area contributed by atoms with E-state index >= 15 is 0 Å². The average Bonchev–Trinajstić information content (AvgIpc) is 3.21. The van der Waals surface area contributed by atoms with E-state index in [2.05, 4.69) is 10.6 Å². The first-order chi connectivity index (χ1) is 14.9. The molecule has 0 saturated carbocycles. The van der Waals surface area contributed by atoms with Crippen LogP contribution in [-0.2, 0) is 4.79 Å². The van der Waals surface area contributed by atoms with Crippen LogP contribution < -0.4 is 20.1 Å². The predicted molar refractivity (Wildman–Crippen MR) is 111 cm³/mol. The van der Waals surface area contributed by atoms with Gasteiger partial charge in [-0.15, -0.1) is 0 Å². The Balaban J connectivity index is 1.38. The van der Waals surface area contributed by atoms with Gasteiger partial charge in [-0.2, -0.15) is 0 Å². The van der Waals surface area contributed by atoms with Gasteiger partial charge in [-0.3, -0.25) is 14.9 Å². The van der Waals surface area contributed by atoms with Gasteiger partial charge >= 0.3 is 6.03 Å². The highest BCUT2D eigenvalue weighted by Gasteiger charge is 2.48. The molecule has 0 unspecified atom stereocenters. The molecule has 1 spiro atoms. The summed E-state index contributed by atoms with van der Waals surface area (Å²) >= 11 is 0. The summed E-state index contributed by atoms with van der Waals surface area (Å²) in [4.78, 5) is 38.7. The molecule has 9 heteroatoms. The minimum Gasteiger partial charge on any atom is -0.486 e. The Morgan fingerprint density at radius 1 is 1.03 bits per heavy atom. The topological polar surface area (TPSA) is 102 Å². The lowest BCUT2D eigenvalue weighted by Gasteiger charge is -2.37. The van der Waals surface area contributed by atoms with E-state index in [-0.39, 0.29) is 11.8 Å². The molecule has 4 amide bonds. The summed E-state index contributed by atoms with van der Waals surface area (Å²) in [5.41, 5.74) is 2.42. The van der Waals surface area contributed by atoms with Crippen molar-refractivity contribution in [2.45, 2.75) is 32.2 Å². The molecule has 31 heavy (non-hydrogen) atoms. The average molecular weight is 424 g/mol. The van der Waals surface area contributed by atoms with Crippen molar-refractivity contribution in [3.05, 3.63) is 41.2 Å². The molecule has 2 aromatic rings. The minimum absolute atomic E-state index is 0.0727. The number of hydrogen-bond donors (Lipinski definition) is 2. The van der Waals surface area contributed by atoms with Gasteiger partial charge in [-0.25, -0.2) is 4.79 Å². The number of likely N-dealkylation sites (tertiary alicyclic amines) is 1. The Labute approximate surface area is 179 Å². The monoisotopic (exact) mass is 424 g/mol. The number of rotatable bonds is 2. The van der Waals surface area contributed by atoms with Gasteiger partial charge in [-0.05, 0) is 44.9 Å². The third kappa shape index (κ3) is 3.11. The SMILES string of the molecule is Cc1cc(C(=O)N2CCC3(CC2)NC(=O)NC3=O)c(C)n1-c1ccc2c(c1)OCCO2. The number of ether oxygens (including phenoxy) is 2. The highest BCUT2D eigenvalue weighted by molar-refractivity contribution is 6.07. The number of aryl methyl sites for hydroxylation is 1. The number of amides is 4. The molecule has 3 aliphatic heterocycles. The predicted octanol–water partition coefficient (Wildman–Crippen LogP) is 1.68. The van der Waals surface area contributed by atoms with E-state index in [9.17, 15) is 14.4 Å². The Morgan fingerprint density at radius 3 is 2.42 bits per heavy atom. The van der Waals surface area contributed by atoms with Crippen molar-refractivity contribution in [1.29, 1.82) is 0 Å². The summed E-state index contributed by atoms with van der Waals surface area (Å²) in [6.07, 6.45) is 0.800. The molecular formula is C22H24N4O5. The van der Waals surface area contributed by atoms with Crippen molar-refractivity contribution in [2.75, 3.05) is 26.3 Å². The maximum absolute atomic E-state index is 13.3. The number of fused-ring (bicyclic) bond motifs is 1. The number of carbonyl (C=O) groups excluding carboxylic acids is 3. The fraction of sp³-hybridized carbons (Fsp3) is 0.409. The van der Waals surface area contributed by atoms with Crippen LogP contribution in [0.5, 0.6) is 11.5 Å². The van der Waals surface area contributed by atoms with Crippen molar-refractivity contribution >= 4 is 17.8 Å². The number of nitrogens with zero attached hydrogens (tertiary/aromatic N) is 2. The van der Waals surface area contributed by atoms with Gasteiger partial charge in [-0.1, -0.05) is 0 Å². The summed E-state index contributed by atoms with van der Waals surface area (Å²) in [5, 5.41) is 5.02. The van der Waals surface area contributed by atoms with Crippen molar-refractivity contribution in [3.8, 4) is 17.2 Å². The van der Waals surface area contributed by atoms with Crippen LogP contribution in [0.2, 0.25) is 0 Å². The fourth-order valence-electron chi connectivity index (χ4n) is 4.69. The zero-order valence-corrected chi connectivity index (χ0v) is 17.5. The van der Waals surface area contributed by atoms with E-state index in [0.29, 0.717) is 50.5 Å². The highest BCUT2D eigenvalue weighted by atomic mass is 16.6.